The molecule has 0 radical (unpaired) electrons. The van der Waals surface area contributed by atoms with E-state index in [0.29, 0.717) is 26.5 Å². The first-order valence-electron chi connectivity index (χ1n) is 7.92. The van der Waals surface area contributed by atoms with Gasteiger partial charge in [-0.3, -0.25) is 0 Å². The number of hydrogen-bond donors (Lipinski definition) is 0. The van der Waals surface area contributed by atoms with Crippen molar-refractivity contribution in [3.63, 3.8) is 0 Å². The van der Waals surface area contributed by atoms with Crippen LogP contribution in [0.5, 0.6) is 0 Å². The van der Waals surface area contributed by atoms with E-state index in [1.165, 1.54) is 0 Å². The van der Waals surface area contributed by atoms with Gasteiger partial charge in [0, 0.05) is 16.1 Å². The van der Waals surface area contributed by atoms with E-state index in [-0.39, 0.29) is 0 Å². The zero-order valence-electron chi connectivity index (χ0n) is 13.5. The summed E-state index contributed by atoms with van der Waals surface area (Å²) < 4.78 is 0.983. The fourth-order valence-corrected chi connectivity index (χ4v) is 5.23. The van der Waals surface area contributed by atoms with Crippen LogP contribution in [0.25, 0.3) is 11.0 Å². The molecule has 1 heterocycles. The van der Waals surface area contributed by atoms with Crippen molar-refractivity contribution in [2.24, 2.45) is 0 Å². The van der Waals surface area contributed by atoms with Crippen LogP contribution in [0.4, 0.5) is 0 Å². The quantitative estimate of drug-likeness (QED) is 0.298. The Morgan fingerprint density at radius 1 is 0.769 bits per heavy atom. The molecule has 0 unspecified atom stereocenters. The van der Waals surface area contributed by atoms with Crippen LogP contribution in [0.3, 0.4) is 0 Å². The molecule has 0 atom stereocenters. The molecule has 0 aliphatic rings. The van der Waals surface area contributed by atoms with Crippen LogP contribution in [0.15, 0.2) is 79.0 Å². The predicted molar refractivity (Wildman–Crippen MR) is 109 cm³/mol. The van der Waals surface area contributed by atoms with Crippen molar-refractivity contribution < 1.29 is 4.73 Å². The summed E-state index contributed by atoms with van der Waals surface area (Å²) in [6.45, 7) is 0. The maximum absolute atomic E-state index is 13.1. The van der Waals surface area contributed by atoms with E-state index in [2.05, 4.69) is 4.98 Å². The average molecular weight is 399 g/mol. The summed E-state index contributed by atoms with van der Waals surface area (Å²) in [5.74, 6) is 0. The highest BCUT2D eigenvalue weighted by Gasteiger charge is 2.26. The summed E-state index contributed by atoms with van der Waals surface area (Å²) in [5, 5.41) is 16.5. The predicted octanol–water partition coefficient (Wildman–Crippen LogP) is 3.93. The van der Waals surface area contributed by atoms with E-state index in [0.717, 1.165) is 15.3 Å². The highest BCUT2D eigenvalue weighted by Crippen LogP contribution is 2.32. The third kappa shape index (κ3) is 3.26. The number of para-hydroxylation sites is 2. The smallest absolute Gasteiger partial charge is 0.242 e. The van der Waals surface area contributed by atoms with Crippen molar-refractivity contribution >= 4 is 58.2 Å². The maximum atomic E-state index is 13.1. The highest BCUT2D eigenvalue weighted by atomic mass is 35.5. The van der Waals surface area contributed by atoms with Gasteiger partial charge in [0.15, 0.2) is 0 Å². The van der Waals surface area contributed by atoms with Gasteiger partial charge in [0.05, 0.1) is 7.92 Å². The zero-order valence-corrected chi connectivity index (χ0v) is 15.9. The lowest BCUT2D eigenvalue weighted by Crippen LogP contribution is -2.47. The monoisotopic (exact) mass is 398 g/mol. The van der Waals surface area contributed by atoms with Gasteiger partial charge in [-0.25, -0.2) is 4.98 Å². The fourth-order valence-electron chi connectivity index (χ4n) is 2.79. The van der Waals surface area contributed by atoms with Crippen molar-refractivity contribution in [3.8, 4) is 0 Å². The SMILES string of the molecule is [O-][n+]1c(P(c2ccc(Cl)cc2)c2ccc(Cl)cc2)cnc2ccccc21. The lowest BCUT2D eigenvalue weighted by molar-refractivity contribution is -0.557. The molecule has 0 fully saturated rings. The third-order valence-corrected chi connectivity index (χ3v) is 6.91. The van der Waals surface area contributed by atoms with Crippen molar-refractivity contribution in [1.29, 1.82) is 0 Å². The molecule has 0 aliphatic heterocycles. The van der Waals surface area contributed by atoms with Gasteiger partial charge in [-0.2, -0.15) is 4.73 Å². The minimum Gasteiger partial charge on any atom is -0.618 e. The number of halogens is 2. The Bertz CT molecular complexity index is 1020. The van der Waals surface area contributed by atoms with E-state index in [1.54, 1.807) is 12.3 Å². The Kier molecular flexibility index (Phi) is 4.78. The van der Waals surface area contributed by atoms with Gasteiger partial charge >= 0.3 is 0 Å². The second kappa shape index (κ2) is 7.20. The fraction of sp³-hybridized carbons (Fsp3) is 0. The lowest BCUT2D eigenvalue weighted by atomic mass is 10.3. The van der Waals surface area contributed by atoms with Crippen LogP contribution >= 0.6 is 31.1 Å². The van der Waals surface area contributed by atoms with Crippen molar-refractivity contribution in [2.75, 3.05) is 0 Å². The van der Waals surface area contributed by atoms with Gasteiger partial charge in [-0.05, 0) is 40.9 Å². The second-order valence-electron chi connectivity index (χ2n) is 5.69. The number of hydrogen-bond acceptors (Lipinski definition) is 2. The van der Waals surface area contributed by atoms with E-state index < -0.39 is 7.92 Å². The Morgan fingerprint density at radius 3 is 1.88 bits per heavy atom. The summed E-state index contributed by atoms with van der Waals surface area (Å²) >= 11 is 12.1. The first kappa shape index (κ1) is 17.2. The van der Waals surface area contributed by atoms with Gasteiger partial charge in [0.2, 0.25) is 11.0 Å². The van der Waals surface area contributed by atoms with E-state index in [9.17, 15) is 5.21 Å². The third-order valence-electron chi connectivity index (χ3n) is 4.03. The number of fused-ring (bicyclic) bond motifs is 1. The molecule has 3 nitrogen and oxygen atoms in total. The first-order chi connectivity index (χ1) is 12.6. The number of aromatic nitrogens is 2. The van der Waals surface area contributed by atoms with Crippen molar-refractivity contribution in [2.45, 2.75) is 0 Å². The average Bonchev–Trinajstić information content (AvgIpc) is 2.67. The normalized spacial score (nSPS) is 11.2. The second-order valence-corrected chi connectivity index (χ2v) is 8.72. The molecule has 0 saturated carbocycles. The molecule has 1 aromatic heterocycles. The van der Waals surface area contributed by atoms with Crippen molar-refractivity contribution in [3.05, 3.63) is 94.2 Å². The molecular weight excluding hydrogens is 386 g/mol. The number of nitrogens with zero attached hydrogens (tertiary/aromatic N) is 2. The zero-order chi connectivity index (χ0) is 18.1. The minimum absolute atomic E-state index is 0.556. The van der Waals surface area contributed by atoms with Gasteiger partial charge in [-0.15, -0.1) is 0 Å². The standard InChI is InChI=1S/C20H13Cl2N2OP/c21-14-5-9-16(10-6-14)26(17-11-7-15(22)8-12-17)20-13-23-18-3-1-2-4-19(18)24(20)25/h1-13H. The molecule has 0 bridgehead atoms. The number of rotatable bonds is 3. The number of benzene rings is 3. The molecule has 4 aromatic rings. The summed E-state index contributed by atoms with van der Waals surface area (Å²) in [6, 6.07) is 22.5. The molecule has 4 rings (SSSR count). The van der Waals surface area contributed by atoms with Crippen LogP contribution in [0.2, 0.25) is 10.0 Å². The van der Waals surface area contributed by atoms with Gasteiger partial charge in [0.1, 0.15) is 11.7 Å². The van der Waals surface area contributed by atoms with Crippen LogP contribution in [-0.4, -0.2) is 4.98 Å². The van der Waals surface area contributed by atoms with Gasteiger partial charge in [0.25, 0.3) is 0 Å². The molecule has 0 spiro atoms. The molecule has 0 N–H and O–H groups in total. The van der Waals surface area contributed by atoms with E-state index in [4.69, 9.17) is 23.2 Å². The molecule has 128 valence electrons. The first-order valence-corrected chi connectivity index (χ1v) is 10.0. The van der Waals surface area contributed by atoms with Crippen LogP contribution in [0.1, 0.15) is 0 Å². The molecule has 6 heteroatoms. The Labute approximate surface area is 162 Å². The summed E-state index contributed by atoms with van der Waals surface area (Å²) in [4.78, 5) is 4.49. The van der Waals surface area contributed by atoms with Crippen LogP contribution in [0, 0.1) is 5.21 Å². The Hall–Kier alpha value is -2.19. The van der Waals surface area contributed by atoms with Crippen LogP contribution < -0.4 is 20.8 Å². The maximum Gasteiger partial charge on any atom is 0.242 e. The Balaban J connectivity index is 1.94. The Morgan fingerprint density at radius 2 is 1.31 bits per heavy atom. The van der Waals surface area contributed by atoms with Gasteiger partial charge < -0.3 is 5.21 Å². The molecule has 0 saturated heterocycles. The lowest BCUT2D eigenvalue weighted by Gasteiger charge is -2.18. The largest absolute Gasteiger partial charge is 0.618 e. The summed E-state index contributed by atoms with van der Waals surface area (Å²) in [5.41, 5.74) is 1.84. The van der Waals surface area contributed by atoms with Crippen molar-refractivity contribution in [1.82, 2.24) is 4.98 Å². The molecule has 26 heavy (non-hydrogen) atoms. The molecule has 0 amide bonds. The van der Waals surface area contributed by atoms with Crippen LogP contribution in [-0.2, 0) is 0 Å². The summed E-state index contributed by atoms with van der Waals surface area (Å²) in [7, 11) is -1.09. The van der Waals surface area contributed by atoms with E-state index >= 15 is 0 Å². The highest BCUT2D eigenvalue weighted by molar-refractivity contribution is 7.79. The molecular formula is C20H13Cl2N2OP. The van der Waals surface area contributed by atoms with E-state index in [1.807, 2.05) is 66.7 Å². The topological polar surface area (TPSA) is 39.8 Å². The van der Waals surface area contributed by atoms with Gasteiger partial charge in [-0.1, -0.05) is 59.6 Å². The molecule has 3 aromatic carbocycles. The molecule has 0 aliphatic carbocycles. The minimum atomic E-state index is -1.09. The summed E-state index contributed by atoms with van der Waals surface area (Å²) in [6.07, 6.45) is 1.67.